The number of rotatable bonds is 8. The molecule has 3 N–H and O–H groups in total. The van der Waals surface area contributed by atoms with Gasteiger partial charge in [-0.05, 0) is 61.9 Å². The number of hydrogen-bond acceptors (Lipinski definition) is 3. The molecule has 0 saturated heterocycles. The summed E-state index contributed by atoms with van der Waals surface area (Å²) in [4.78, 5) is 25.1. The second kappa shape index (κ2) is 10.5. The van der Waals surface area contributed by atoms with Crippen LogP contribution in [0.4, 0.5) is 0 Å². The molecule has 29 heavy (non-hydrogen) atoms. The molecule has 0 heterocycles. The van der Waals surface area contributed by atoms with Gasteiger partial charge in [0.2, 0.25) is 5.91 Å². The first-order valence-electron chi connectivity index (χ1n) is 10.2. The van der Waals surface area contributed by atoms with Crippen molar-refractivity contribution < 1.29 is 14.7 Å². The Morgan fingerprint density at radius 1 is 1.00 bits per heavy atom. The van der Waals surface area contributed by atoms with Crippen molar-refractivity contribution in [3.63, 3.8) is 0 Å². The van der Waals surface area contributed by atoms with Gasteiger partial charge in [0.15, 0.2) is 0 Å². The van der Waals surface area contributed by atoms with Gasteiger partial charge in [0.1, 0.15) is 5.75 Å². The lowest BCUT2D eigenvalue weighted by atomic mass is 9.97. The lowest BCUT2D eigenvalue weighted by molar-refractivity contribution is -0.121. The fourth-order valence-electron chi connectivity index (χ4n) is 3.54. The zero-order valence-corrected chi connectivity index (χ0v) is 16.6. The predicted molar refractivity (Wildman–Crippen MR) is 114 cm³/mol. The van der Waals surface area contributed by atoms with Crippen molar-refractivity contribution in [3.8, 4) is 5.75 Å². The Morgan fingerprint density at radius 3 is 2.45 bits per heavy atom. The van der Waals surface area contributed by atoms with E-state index in [9.17, 15) is 14.7 Å². The number of carbonyl (C=O) groups excluding carboxylic acids is 2. The molecule has 1 aliphatic carbocycles. The molecule has 2 aromatic carbocycles. The Balaban J connectivity index is 1.59. The van der Waals surface area contributed by atoms with Crippen molar-refractivity contribution in [1.82, 2.24) is 10.6 Å². The largest absolute Gasteiger partial charge is 0.508 e. The Labute approximate surface area is 171 Å². The molecule has 0 radical (unpaired) electrons. The number of phenolic OH excluding ortho intramolecular Hbond substituents is 1. The van der Waals surface area contributed by atoms with Gasteiger partial charge in [-0.25, -0.2) is 0 Å². The first-order valence-corrected chi connectivity index (χ1v) is 10.2. The predicted octanol–water partition coefficient (Wildman–Crippen LogP) is 4.26. The number of aromatic hydroxyl groups is 1. The molecule has 5 nitrogen and oxygen atoms in total. The van der Waals surface area contributed by atoms with E-state index in [1.807, 2.05) is 30.3 Å². The zero-order valence-electron chi connectivity index (χ0n) is 16.6. The summed E-state index contributed by atoms with van der Waals surface area (Å²) in [6.45, 7) is 0.623. The number of allylic oxidation sites excluding steroid dienone is 1. The molecule has 2 aromatic rings. The Hall–Kier alpha value is -3.08. The average molecular weight is 392 g/mol. The smallest absolute Gasteiger partial charge is 0.251 e. The molecular formula is C24H28N2O3. The molecule has 152 valence electrons. The van der Waals surface area contributed by atoms with Crippen molar-refractivity contribution in [3.05, 3.63) is 77.4 Å². The van der Waals surface area contributed by atoms with Gasteiger partial charge in [-0.1, -0.05) is 42.0 Å². The molecule has 2 amide bonds. The topological polar surface area (TPSA) is 78.4 Å². The van der Waals surface area contributed by atoms with Gasteiger partial charge >= 0.3 is 0 Å². The molecule has 0 fully saturated rings. The summed E-state index contributed by atoms with van der Waals surface area (Å²) in [5, 5.41) is 15.3. The van der Waals surface area contributed by atoms with Gasteiger partial charge in [-0.2, -0.15) is 0 Å². The first-order chi connectivity index (χ1) is 14.1. The standard InChI is InChI=1S/C24H28N2O3/c27-21-13-11-20(12-14-21)24(29)26-22(19-9-5-2-6-10-19)17-23(28)25-16-15-18-7-3-1-4-8-18/h2,5-7,9-14,22,27H,1,3-4,8,15-17H2,(H,25,28)(H,26,29)/t22-/m0/s1. The van der Waals surface area contributed by atoms with Crippen LogP contribution < -0.4 is 10.6 Å². The lowest BCUT2D eigenvalue weighted by Gasteiger charge is -2.19. The molecule has 3 rings (SSSR count). The fourth-order valence-corrected chi connectivity index (χ4v) is 3.54. The highest BCUT2D eigenvalue weighted by atomic mass is 16.3. The van der Waals surface area contributed by atoms with Crippen LogP contribution in [0.15, 0.2) is 66.2 Å². The van der Waals surface area contributed by atoms with Crippen LogP contribution >= 0.6 is 0 Å². The second-order valence-electron chi connectivity index (χ2n) is 7.40. The van der Waals surface area contributed by atoms with E-state index >= 15 is 0 Å². The van der Waals surface area contributed by atoms with E-state index in [1.54, 1.807) is 12.1 Å². The van der Waals surface area contributed by atoms with Crippen LogP contribution in [-0.4, -0.2) is 23.5 Å². The van der Waals surface area contributed by atoms with Gasteiger partial charge in [0.05, 0.1) is 12.5 Å². The summed E-state index contributed by atoms with van der Waals surface area (Å²) in [5.74, 6) is -0.256. The summed E-state index contributed by atoms with van der Waals surface area (Å²) in [6.07, 6.45) is 8.12. The van der Waals surface area contributed by atoms with Gasteiger partial charge in [0, 0.05) is 12.1 Å². The Kier molecular flexibility index (Phi) is 7.45. The highest BCUT2D eigenvalue weighted by Crippen LogP contribution is 2.20. The third-order valence-electron chi connectivity index (χ3n) is 5.18. The highest BCUT2D eigenvalue weighted by molar-refractivity contribution is 5.95. The SMILES string of the molecule is O=C(C[C@H](NC(=O)c1ccc(O)cc1)c1ccccc1)NCCC1=CCCCC1. The van der Waals surface area contributed by atoms with Gasteiger partial charge in [-0.3, -0.25) is 9.59 Å². The first kappa shape index (κ1) is 20.6. The minimum Gasteiger partial charge on any atom is -0.508 e. The van der Waals surface area contributed by atoms with E-state index in [1.165, 1.54) is 30.5 Å². The van der Waals surface area contributed by atoms with E-state index < -0.39 is 6.04 Å². The van der Waals surface area contributed by atoms with Crippen molar-refractivity contribution in [2.45, 2.75) is 44.6 Å². The van der Waals surface area contributed by atoms with Crippen molar-refractivity contribution >= 4 is 11.8 Å². The number of carbonyl (C=O) groups is 2. The van der Waals surface area contributed by atoms with Gasteiger partial charge in [0.25, 0.3) is 5.91 Å². The van der Waals surface area contributed by atoms with Crippen molar-refractivity contribution in [2.75, 3.05) is 6.54 Å². The van der Waals surface area contributed by atoms with E-state index in [0.29, 0.717) is 12.1 Å². The van der Waals surface area contributed by atoms with Crippen LogP contribution in [0.3, 0.4) is 0 Å². The van der Waals surface area contributed by atoms with Gasteiger partial charge < -0.3 is 15.7 Å². The zero-order chi connectivity index (χ0) is 20.5. The average Bonchev–Trinajstić information content (AvgIpc) is 2.75. The van der Waals surface area contributed by atoms with Crippen molar-refractivity contribution in [2.24, 2.45) is 0 Å². The Bertz CT molecular complexity index is 844. The number of nitrogens with one attached hydrogen (secondary N) is 2. The summed E-state index contributed by atoms with van der Waals surface area (Å²) in [7, 11) is 0. The monoisotopic (exact) mass is 392 g/mol. The van der Waals surface area contributed by atoms with E-state index in [0.717, 1.165) is 24.8 Å². The van der Waals surface area contributed by atoms with Crippen LogP contribution in [0.25, 0.3) is 0 Å². The third-order valence-corrected chi connectivity index (χ3v) is 5.18. The third kappa shape index (κ3) is 6.49. The lowest BCUT2D eigenvalue weighted by Crippen LogP contribution is -2.34. The molecule has 0 bridgehead atoms. The molecule has 0 aromatic heterocycles. The minimum absolute atomic E-state index is 0.0822. The van der Waals surface area contributed by atoms with E-state index in [2.05, 4.69) is 16.7 Å². The second-order valence-corrected chi connectivity index (χ2v) is 7.40. The summed E-state index contributed by atoms with van der Waals surface area (Å²) < 4.78 is 0. The fraction of sp³-hybridized carbons (Fsp3) is 0.333. The molecule has 1 aliphatic rings. The van der Waals surface area contributed by atoms with Crippen LogP contribution in [0, 0.1) is 0 Å². The number of phenols is 1. The van der Waals surface area contributed by atoms with Crippen LogP contribution in [0.2, 0.25) is 0 Å². The Morgan fingerprint density at radius 2 is 1.76 bits per heavy atom. The summed E-state index contributed by atoms with van der Waals surface area (Å²) >= 11 is 0. The number of amides is 2. The number of hydrogen-bond donors (Lipinski definition) is 3. The van der Waals surface area contributed by atoms with E-state index in [4.69, 9.17) is 0 Å². The molecule has 0 spiro atoms. The molecule has 0 aliphatic heterocycles. The van der Waals surface area contributed by atoms with Gasteiger partial charge in [-0.15, -0.1) is 0 Å². The van der Waals surface area contributed by atoms with Crippen LogP contribution in [0.5, 0.6) is 5.75 Å². The maximum Gasteiger partial charge on any atom is 0.251 e. The quantitative estimate of drug-likeness (QED) is 0.587. The molecular weight excluding hydrogens is 364 g/mol. The maximum absolute atomic E-state index is 12.6. The number of benzene rings is 2. The normalized spacial score (nSPS) is 14.6. The highest BCUT2D eigenvalue weighted by Gasteiger charge is 2.19. The molecule has 5 heteroatoms. The molecule has 0 unspecified atom stereocenters. The minimum atomic E-state index is -0.425. The molecule has 0 saturated carbocycles. The van der Waals surface area contributed by atoms with Crippen molar-refractivity contribution in [1.29, 1.82) is 0 Å². The van der Waals surface area contributed by atoms with Crippen LogP contribution in [-0.2, 0) is 4.79 Å². The van der Waals surface area contributed by atoms with Crippen LogP contribution in [0.1, 0.15) is 60.5 Å². The summed E-state index contributed by atoms with van der Waals surface area (Å²) in [6, 6.07) is 15.1. The maximum atomic E-state index is 12.6. The summed E-state index contributed by atoms with van der Waals surface area (Å²) in [5.41, 5.74) is 2.75. The molecule has 1 atom stereocenters. The van der Waals surface area contributed by atoms with E-state index in [-0.39, 0.29) is 24.0 Å².